The van der Waals surface area contributed by atoms with Crippen molar-refractivity contribution in [3.63, 3.8) is 0 Å². The van der Waals surface area contributed by atoms with Gasteiger partial charge in [0.2, 0.25) is 0 Å². The van der Waals surface area contributed by atoms with Crippen molar-refractivity contribution >= 4 is 10.9 Å². The molecule has 5 rings (SSSR count). The number of benzene rings is 2. The second kappa shape index (κ2) is 7.26. The van der Waals surface area contributed by atoms with Crippen LogP contribution in [0, 0.1) is 0 Å². The number of hydrogen-bond acceptors (Lipinski definition) is 3. The normalized spacial score (nSPS) is 15.3. The molecular weight excluding hydrogens is 380 g/mol. The second-order valence-electron chi connectivity index (χ2n) is 7.90. The van der Waals surface area contributed by atoms with Crippen molar-refractivity contribution in [3.8, 4) is 22.4 Å². The van der Waals surface area contributed by atoms with Crippen molar-refractivity contribution in [2.45, 2.75) is 31.2 Å². The van der Waals surface area contributed by atoms with E-state index in [0.29, 0.717) is 10.9 Å². The smallest absolute Gasteiger partial charge is 0.281 e. The van der Waals surface area contributed by atoms with Gasteiger partial charge in [-0.25, -0.2) is 13.8 Å². The molecule has 0 amide bonds. The molecule has 1 aliphatic carbocycles. The summed E-state index contributed by atoms with van der Waals surface area (Å²) in [4.78, 5) is 8.68. The third kappa shape index (κ3) is 3.15. The molecule has 2 aromatic carbocycles. The van der Waals surface area contributed by atoms with Gasteiger partial charge in [0.25, 0.3) is 6.43 Å². The lowest BCUT2D eigenvalue weighted by atomic mass is 9.72. The van der Waals surface area contributed by atoms with Crippen LogP contribution < -0.4 is 5.73 Å². The molecule has 150 valence electrons. The molecule has 0 aliphatic heterocycles. The number of halogens is 2. The largest absolute Gasteiger partial charge is 0.321 e. The summed E-state index contributed by atoms with van der Waals surface area (Å²) < 4.78 is 27.1. The lowest BCUT2D eigenvalue weighted by molar-refractivity contribution is 0.148. The number of nitrogens with zero attached hydrogens (tertiary/aromatic N) is 2. The van der Waals surface area contributed by atoms with E-state index in [1.165, 1.54) is 6.20 Å². The lowest BCUT2D eigenvalue weighted by Crippen LogP contribution is -2.43. The maximum atomic E-state index is 13.5. The van der Waals surface area contributed by atoms with E-state index in [-0.39, 0.29) is 11.2 Å². The maximum Gasteiger partial charge on any atom is 0.281 e. The first-order valence-corrected chi connectivity index (χ1v) is 10.1. The Bertz CT molecular complexity index is 1200. The topological polar surface area (TPSA) is 51.8 Å². The van der Waals surface area contributed by atoms with E-state index in [1.54, 1.807) is 12.1 Å². The van der Waals surface area contributed by atoms with Crippen LogP contribution in [0.1, 0.15) is 36.9 Å². The molecule has 0 spiro atoms. The number of aromatic nitrogens is 2. The van der Waals surface area contributed by atoms with Gasteiger partial charge in [-0.1, -0.05) is 54.6 Å². The predicted octanol–water partition coefficient (Wildman–Crippen LogP) is 6.24. The van der Waals surface area contributed by atoms with Gasteiger partial charge in [0, 0.05) is 28.2 Å². The molecule has 1 aliphatic rings. The van der Waals surface area contributed by atoms with Crippen molar-refractivity contribution in [3.05, 3.63) is 84.2 Å². The first-order chi connectivity index (χ1) is 14.5. The van der Waals surface area contributed by atoms with E-state index >= 15 is 0 Å². The second-order valence-corrected chi connectivity index (χ2v) is 7.90. The Morgan fingerprint density at radius 3 is 2.27 bits per heavy atom. The lowest BCUT2D eigenvalue weighted by Gasteiger charge is -2.38. The van der Waals surface area contributed by atoms with Crippen LogP contribution >= 0.6 is 0 Å². The summed E-state index contributed by atoms with van der Waals surface area (Å²) in [5, 5.41) is 0.377. The molecule has 3 nitrogen and oxygen atoms in total. The molecule has 2 heterocycles. The van der Waals surface area contributed by atoms with Crippen molar-refractivity contribution < 1.29 is 8.78 Å². The number of rotatable bonds is 4. The minimum Gasteiger partial charge on any atom is -0.321 e. The molecule has 1 saturated carbocycles. The summed E-state index contributed by atoms with van der Waals surface area (Å²) in [6, 6.07) is 21.3. The quantitative estimate of drug-likeness (QED) is 0.440. The number of pyridine rings is 2. The van der Waals surface area contributed by atoms with Crippen LogP contribution in [0.3, 0.4) is 0 Å². The summed E-state index contributed by atoms with van der Waals surface area (Å²) in [7, 11) is 0. The van der Waals surface area contributed by atoms with Crippen LogP contribution in [0.2, 0.25) is 0 Å². The molecular formula is C25H21F2N3. The molecule has 4 aromatic rings. The van der Waals surface area contributed by atoms with E-state index in [9.17, 15) is 8.78 Å². The van der Waals surface area contributed by atoms with Crippen molar-refractivity contribution in [1.82, 2.24) is 9.97 Å². The van der Waals surface area contributed by atoms with E-state index in [4.69, 9.17) is 10.7 Å². The Labute approximate surface area is 173 Å². The van der Waals surface area contributed by atoms with Gasteiger partial charge in [0.05, 0.1) is 11.2 Å². The van der Waals surface area contributed by atoms with Gasteiger partial charge in [-0.3, -0.25) is 4.98 Å². The van der Waals surface area contributed by atoms with Crippen molar-refractivity contribution in [2.75, 3.05) is 0 Å². The van der Waals surface area contributed by atoms with Gasteiger partial charge in [0.1, 0.15) is 5.69 Å². The third-order valence-electron chi connectivity index (χ3n) is 6.04. The summed E-state index contributed by atoms with van der Waals surface area (Å²) in [5.74, 6) is 0. The van der Waals surface area contributed by atoms with Gasteiger partial charge in [-0.15, -0.1) is 0 Å². The number of fused-ring (bicyclic) bond motifs is 1. The number of nitrogens with two attached hydrogens (primary N) is 1. The molecule has 5 heteroatoms. The molecule has 0 unspecified atom stereocenters. The molecule has 2 aromatic heterocycles. The van der Waals surface area contributed by atoms with E-state index in [2.05, 4.69) is 17.1 Å². The minimum atomic E-state index is -2.66. The van der Waals surface area contributed by atoms with E-state index < -0.39 is 6.43 Å². The average molecular weight is 401 g/mol. The summed E-state index contributed by atoms with van der Waals surface area (Å²) in [6.07, 6.45) is 1.88. The Balaban J connectivity index is 1.70. The zero-order valence-electron chi connectivity index (χ0n) is 16.4. The van der Waals surface area contributed by atoms with Crippen LogP contribution in [0.4, 0.5) is 8.78 Å². The molecule has 0 bridgehead atoms. The van der Waals surface area contributed by atoms with Crippen LogP contribution in [0.5, 0.6) is 0 Å². The fourth-order valence-electron chi connectivity index (χ4n) is 4.16. The number of alkyl halides is 2. The highest BCUT2D eigenvalue weighted by molar-refractivity contribution is 5.92. The average Bonchev–Trinajstić information content (AvgIpc) is 2.76. The standard InChI is InChI=1S/C25H21F2N3/c26-24(27)23-20-15-19(16-5-2-1-3-6-16)22(30-21(20)11-14-29-23)17-7-9-18(10-8-17)25(28)12-4-13-25/h1-3,5-11,14-15,24H,4,12-13,28H2. The van der Waals surface area contributed by atoms with E-state index in [0.717, 1.165) is 47.2 Å². The summed E-state index contributed by atoms with van der Waals surface area (Å²) in [6.45, 7) is 0. The highest BCUT2D eigenvalue weighted by atomic mass is 19.3. The fourth-order valence-corrected chi connectivity index (χ4v) is 4.16. The Hall–Kier alpha value is -3.18. The van der Waals surface area contributed by atoms with Crippen LogP contribution in [-0.4, -0.2) is 9.97 Å². The van der Waals surface area contributed by atoms with Crippen LogP contribution in [-0.2, 0) is 5.54 Å². The highest BCUT2D eigenvalue weighted by Crippen LogP contribution is 2.40. The first-order valence-electron chi connectivity index (χ1n) is 10.1. The molecule has 30 heavy (non-hydrogen) atoms. The zero-order chi connectivity index (χ0) is 20.7. The molecule has 1 fully saturated rings. The highest BCUT2D eigenvalue weighted by Gasteiger charge is 2.34. The Morgan fingerprint density at radius 1 is 0.900 bits per heavy atom. The molecule has 0 atom stereocenters. The monoisotopic (exact) mass is 401 g/mol. The van der Waals surface area contributed by atoms with Gasteiger partial charge in [-0.05, 0) is 42.5 Å². The van der Waals surface area contributed by atoms with Crippen molar-refractivity contribution in [1.29, 1.82) is 0 Å². The predicted molar refractivity (Wildman–Crippen MR) is 115 cm³/mol. The van der Waals surface area contributed by atoms with Crippen LogP contribution in [0.25, 0.3) is 33.3 Å². The summed E-state index contributed by atoms with van der Waals surface area (Å²) in [5.41, 5.74) is 11.0. The fraction of sp³-hybridized carbons (Fsp3) is 0.200. The first kappa shape index (κ1) is 18.8. The van der Waals surface area contributed by atoms with Gasteiger partial charge in [0.15, 0.2) is 0 Å². The van der Waals surface area contributed by atoms with Crippen molar-refractivity contribution in [2.24, 2.45) is 5.73 Å². The van der Waals surface area contributed by atoms with E-state index in [1.807, 2.05) is 42.5 Å². The molecule has 0 radical (unpaired) electrons. The van der Waals surface area contributed by atoms with Gasteiger partial charge >= 0.3 is 0 Å². The molecule has 2 N–H and O–H groups in total. The SMILES string of the molecule is NC1(c2ccc(-c3nc4ccnc(C(F)F)c4cc3-c3ccccc3)cc2)CCC1. The van der Waals surface area contributed by atoms with Gasteiger partial charge < -0.3 is 5.73 Å². The Morgan fingerprint density at radius 2 is 1.63 bits per heavy atom. The van der Waals surface area contributed by atoms with Crippen LogP contribution in [0.15, 0.2) is 72.9 Å². The maximum absolute atomic E-state index is 13.5. The summed E-state index contributed by atoms with van der Waals surface area (Å²) >= 11 is 0. The minimum absolute atomic E-state index is 0.227. The third-order valence-corrected chi connectivity index (χ3v) is 6.04. The van der Waals surface area contributed by atoms with Gasteiger partial charge in [-0.2, -0.15) is 0 Å². The molecule has 0 saturated heterocycles. The Kier molecular flexibility index (Phi) is 4.55. The number of hydrogen-bond donors (Lipinski definition) is 1. The zero-order valence-corrected chi connectivity index (χ0v) is 16.4.